The van der Waals surface area contributed by atoms with Gasteiger partial charge in [-0.2, -0.15) is 0 Å². The smallest absolute Gasteiger partial charge is 0.334 e. The number of carbonyl (C=O) groups is 1. The van der Waals surface area contributed by atoms with E-state index in [9.17, 15) is 15.0 Å². The average Bonchev–Trinajstić information content (AvgIpc) is 3.22. The van der Waals surface area contributed by atoms with E-state index in [0.717, 1.165) is 29.6 Å². The third-order valence-corrected chi connectivity index (χ3v) is 8.61. The lowest BCUT2D eigenvalue weighted by molar-refractivity contribution is -0.140. The van der Waals surface area contributed by atoms with Crippen molar-refractivity contribution in [3.05, 3.63) is 47.1 Å². The fourth-order valence-electron chi connectivity index (χ4n) is 6.94. The molecular weight excluding hydrogens is 388 g/mol. The molecule has 3 aliphatic carbocycles. The number of hydrogen-bond donors (Lipinski definition) is 2. The highest BCUT2D eigenvalue weighted by atomic mass is 16.5. The van der Waals surface area contributed by atoms with Gasteiger partial charge < -0.3 is 14.9 Å². The third kappa shape index (κ3) is 4.34. The van der Waals surface area contributed by atoms with Crippen molar-refractivity contribution >= 4 is 5.97 Å². The van der Waals surface area contributed by atoms with Crippen LogP contribution in [0.3, 0.4) is 0 Å². The molecule has 4 nitrogen and oxygen atoms in total. The van der Waals surface area contributed by atoms with E-state index in [4.69, 9.17) is 4.74 Å². The molecule has 31 heavy (non-hydrogen) atoms. The van der Waals surface area contributed by atoms with E-state index in [-0.39, 0.29) is 17.5 Å². The van der Waals surface area contributed by atoms with Crippen LogP contribution in [0.4, 0.5) is 0 Å². The van der Waals surface area contributed by atoms with Gasteiger partial charge in [0.15, 0.2) is 0 Å². The predicted octanol–water partition coefficient (Wildman–Crippen LogP) is 5.03. The molecule has 7 atom stereocenters. The summed E-state index contributed by atoms with van der Waals surface area (Å²) in [7, 11) is 0. The van der Waals surface area contributed by atoms with E-state index in [1.165, 1.54) is 31.3 Å². The van der Waals surface area contributed by atoms with E-state index in [2.05, 4.69) is 32.6 Å². The number of carbonyl (C=O) groups excluding carboxylic acids is 1. The van der Waals surface area contributed by atoms with E-state index in [1.807, 2.05) is 13.0 Å². The van der Waals surface area contributed by atoms with Crippen LogP contribution >= 0.6 is 0 Å². The summed E-state index contributed by atoms with van der Waals surface area (Å²) in [6, 6.07) is 0. The highest BCUT2D eigenvalue weighted by Crippen LogP contribution is 2.60. The lowest BCUT2D eigenvalue weighted by Crippen LogP contribution is -2.36. The van der Waals surface area contributed by atoms with Crippen molar-refractivity contribution in [2.75, 3.05) is 0 Å². The van der Waals surface area contributed by atoms with Crippen LogP contribution in [0.15, 0.2) is 47.1 Å². The van der Waals surface area contributed by atoms with E-state index < -0.39 is 12.2 Å². The number of esters is 1. The van der Waals surface area contributed by atoms with Gasteiger partial charge in [-0.1, -0.05) is 38.2 Å². The normalized spacial score (nSPS) is 42.0. The van der Waals surface area contributed by atoms with Crippen LogP contribution < -0.4 is 0 Å². The van der Waals surface area contributed by atoms with Crippen molar-refractivity contribution in [2.45, 2.75) is 90.4 Å². The minimum Gasteiger partial charge on any atom is -0.455 e. The summed E-state index contributed by atoms with van der Waals surface area (Å²) < 4.78 is 5.53. The van der Waals surface area contributed by atoms with Crippen molar-refractivity contribution < 1.29 is 19.7 Å². The van der Waals surface area contributed by atoms with Gasteiger partial charge in [-0.05, 0) is 92.3 Å². The summed E-state index contributed by atoms with van der Waals surface area (Å²) in [5, 5.41) is 20.2. The minimum absolute atomic E-state index is 0.0661. The number of fused-ring (bicyclic) bond motifs is 1. The molecule has 1 unspecified atom stereocenters. The van der Waals surface area contributed by atoms with E-state index in [1.54, 1.807) is 0 Å². The Bertz CT molecular complexity index is 834. The molecule has 3 fully saturated rings. The molecule has 1 aliphatic heterocycles. The number of rotatable bonds is 4. The van der Waals surface area contributed by atoms with Crippen LogP contribution in [0.1, 0.15) is 72.1 Å². The van der Waals surface area contributed by atoms with Gasteiger partial charge in [-0.3, -0.25) is 0 Å². The Kier molecular flexibility index (Phi) is 6.33. The first-order valence-electron chi connectivity index (χ1n) is 12.0. The average molecular weight is 427 g/mol. The molecule has 0 aromatic carbocycles. The highest BCUT2D eigenvalue weighted by molar-refractivity contribution is 5.90. The molecule has 1 heterocycles. The van der Waals surface area contributed by atoms with E-state index >= 15 is 0 Å². The molecule has 3 saturated carbocycles. The fraction of sp³-hybridized carbons (Fsp3) is 0.667. The SMILES string of the molecule is C=C1/C(=C\C=C2/CCC[C@@]3(C)C2CC[C@@H]3[C@H](C)C[C@H]2C=C(C)C(=O)O2)C[C@@H](O)C[C@@H]1O. The summed E-state index contributed by atoms with van der Waals surface area (Å²) in [6.07, 6.45) is 13.1. The Hall–Kier alpha value is -1.65. The Morgan fingerprint density at radius 2 is 2.10 bits per heavy atom. The molecule has 0 saturated heterocycles. The molecule has 170 valence electrons. The maximum absolute atomic E-state index is 11.7. The summed E-state index contributed by atoms with van der Waals surface area (Å²) in [5.41, 5.74) is 4.28. The molecule has 0 radical (unpaired) electrons. The van der Waals surface area contributed by atoms with Crippen molar-refractivity contribution in [3.63, 3.8) is 0 Å². The summed E-state index contributed by atoms with van der Waals surface area (Å²) in [4.78, 5) is 11.7. The number of hydrogen-bond acceptors (Lipinski definition) is 4. The molecule has 4 heteroatoms. The Labute approximate surface area is 186 Å². The van der Waals surface area contributed by atoms with Crippen molar-refractivity contribution in [1.29, 1.82) is 0 Å². The zero-order valence-corrected chi connectivity index (χ0v) is 19.3. The number of allylic oxidation sites excluding steroid dienone is 3. The molecule has 0 aromatic heterocycles. The summed E-state index contributed by atoms with van der Waals surface area (Å²) in [5.74, 6) is 1.56. The van der Waals surface area contributed by atoms with Crippen LogP contribution in [0.25, 0.3) is 0 Å². The second kappa shape index (κ2) is 8.71. The molecule has 0 aromatic rings. The first kappa shape index (κ1) is 22.5. The molecule has 2 N–H and O–H groups in total. The third-order valence-electron chi connectivity index (χ3n) is 8.61. The minimum atomic E-state index is -0.635. The number of cyclic esters (lactones) is 1. The zero-order chi connectivity index (χ0) is 22.3. The Morgan fingerprint density at radius 1 is 1.32 bits per heavy atom. The highest BCUT2D eigenvalue weighted by Gasteiger charge is 2.51. The van der Waals surface area contributed by atoms with Crippen LogP contribution in [0.2, 0.25) is 0 Å². The summed E-state index contributed by atoms with van der Waals surface area (Å²) >= 11 is 0. The van der Waals surface area contributed by atoms with Crippen LogP contribution in [-0.2, 0) is 9.53 Å². The van der Waals surface area contributed by atoms with Gasteiger partial charge in [0.05, 0.1) is 12.2 Å². The Balaban J connectivity index is 1.48. The lowest BCUT2D eigenvalue weighted by Gasteiger charge is -2.44. The topological polar surface area (TPSA) is 66.8 Å². The predicted molar refractivity (Wildman–Crippen MR) is 122 cm³/mol. The standard InChI is InChI=1S/C27H38O4/c1-16(12-22-13-17(2)26(30)31-22)23-9-10-24-19(6-5-11-27(23,24)4)7-8-20-14-21(28)15-25(29)18(20)3/h7-8,13,16,21-25,28-29H,3,5-6,9-12,14-15H2,1-2,4H3/b19-7+,20-8-/t16-,21-,22+,23-,24?,25+,27-/m1/s1. The molecule has 4 rings (SSSR count). The second-order valence-electron chi connectivity index (χ2n) is 10.7. The van der Waals surface area contributed by atoms with Crippen LogP contribution in [0, 0.1) is 23.2 Å². The quantitative estimate of drug-likeness (QED) is 0.619. The molecule has 0 amide bonds. The first-order valence-corrected chi connectivity index (χ1v) is 12.0. The number of aliphatic hydroxyl groups excluding tert-OH is 2. The fourth-order valence-corrected chi connectivity index (χ4v) is 6.94. The van der Waals surface area contributed by atoms with Gasteiger partial charge in [0.2, 0.25) is 0 Å². The van der Waals surface area contributed by atoms with E-state index in [0.29, 0.717) is 30.6 Å². The van der Waals surface area contributed by atoms with Gasteiger partial charge in [-0.25, -0.2) is 4.79 Å². The van der Waals surface area contributed by atoms with Gasteiger partial charge in [0.1, 0.15) is 6.10 Å². The maximum Gasteiger partial charge on any atom is 0.334 e. The lowest BCUT2D eigenvalue weighted by atomic mass is 9.60. The van der Waals surface area contributed by atoms with Gasteiger partial charge in [0.25, 0.3) is 0 Å². The van der Waals surface area contributed by atoms with Gasteiger partial charge in [-0.15, -0.1) is 0 Å². The van der Waals surface area contributed by atoms with Crippen LogP contribution in [0.5, 0.6) is 0 Å². The van der Waals surface area contributed by atoms with Crippen molar-refractivity contribution in [1.82, 2.24) is 0 Å². The largest absolute Gasteiger partial charge is 0.455 e. The zero-order valence-electron chi connectivity index (χ0n) is 19.3. The van der Waals surface area contributed by atoms with Gasteiger partial charge in [0, 0.05) is 12.0 Å². The van der Waals surface area contributed by atoms with Gasteiger partial charge >= 0.3 is 5.97 Å². The Morgan fingerprint density at radius 3 is 2.81 bits per heavy atom. The summed E-state index contributed by atoms with van der Waals surface area (Å²) in [6.45, 7) is 10.7. The first-order chi connectivity index (χ1) is 14.7. The number of ether oxygens (including phenoxy) is 1. The monoisotopic (exact) mass is 426 g/mol. The van der Waals surface area contributed by atoms with Crippen molar-refractivity contribution in [2.24, 2.45) is 23.2 Å². The molecule has 0 bridgehead atoms. The maximum atomic E-state index is 11.7. The number of aliphatic hydroxyl groups is 2. The molecule has 4 aliphatic rings. The van der Waals surface area contributed by atoms with Crippen LogP contribution in [-0.4, -0.2) is 34.5 Å². The molecule has 0 spiro atoms. The second-order valence-corrected chi connectivity index (χ2v) is 10.7. The molecular formula is C27H38O4. The van der Waals surface area contributed by atoms with Crippen molar-refractivity contribution in [3.8, 4) is 0 Å².